The van der Waals surface area contributed by atoms with Crippen LogP contribution < -0.4 is 15.9 Å². The fourth-order valence-corrected chi connectivity index (χ4v) is 7.80. The third-order valence-corrected chi connectivity index (χ3v) is 10.5. The van der Waals surface area contributed by atoms with Gasteiger partial charge in [-0.25, -0.2) is 19.0 Å². The van der Waals surface area contributed by atoms with E-state index in [2.05, 4.69) is 20.6 Å². The van der Waals surface area contributed by atoms with Crippen LogP contribution in [0.3, 0.4) is 0 Å². The number of aromatic nitrogens is 8. The largest absolute Gasteiger partial charge is 0.502 e. The number of hydrogen-bond donors (Lipinski definition) is 3. The number of rotatable bonds is 12. The first-order valence-corrected chi connectivity index (χ1v) is 18.9. The van der Waals surface area contributed by atoms with Gasteiger partial charge in [0.25, 0.3) is 11.1 Å². The number of pyridine rings is 2. The highest BCUT2D eigenvalue weighted by Gasteiger charge is 2.25. The van der Waals surface area contributed by atoms with Crippen LogP contribution in [0.5, 0.6) is 11.5 Å². The quantitative estimate of drug-likeness (QED) is 0.128. The summed E-state index contributed by atoms with van der Waals surface area (Å²) in [4.78, 5) is 49.0. The standard InChI is InChI=1S/C21H20N4O4S.C17H12N4O4S/c1-2-3-10-29-18-17(21(27)28)19-16(9-11-30-19)24(20(18)26)12-14-13-25(23-22-14)15-7-5-4-6-8-15;22-14-13(17(24)25)15-12(6-7-26-15)20(16(14)23)8-10-9-21(19-18-10)11-4-2-1-3-5-11/h4-9,11,13H,2-3,10,12H2,1H3,(H,27,28);1-7,9,22H,8H2,(H,24,25). The van der Waals surface area contributed by atoms with E-state index in [1.807, 2.05) is 67.6 Å². The molecule has 0 radical (unpaired) electrons. The van der Waals surface area contributed by atoms with Gasteiger partial charge in [0.1, 0.15) is 22.5 Å². The molecule has 0 aliphatic carbocycles. The summed E-state index contributed by atoms with van der Waals surface area (Å²) in [6, 6.07) is 22.3. The predicted octanol–water partition coefficient (Wildman–Crippen LogP) is 5.66. The maximum absolute atomic E-state index is 13.2. The molecule has 0 bridgehead atoms. The van der Waals surface area contributed by atoms with Crippen LogP contribution in [0.2, 0.25) is 0 Å². The molecule has 8 rings (SSSR count). The third-order valence-electron chi connectivity index (χ3n) is 8.61. The van der Waals surface area contributed by atoms with Gasteiger partial charge in [-0.2, -0.15) is 0 Å². The Bertz CT molecular complexity index is 2800. The van der Waals surface area contributed by atoms with Gasteiger partial charge in [0, 0.05) is 0 Å². The first kappa shape index (κ1) is 37.4. The monoisotopic (exact) mass is 792 g/mol. The Balaban J connectivity index is 0.000000173. The van der Waals surface area contributed by atoms with Crippen LogP contribution >= 0.6 is 22.7 Å². The Kier molecular flexibility index (Phi) is 10.8. The molecule has 0 aliphatic rings. The van der Waals surface area contributed by atoms with E-state index < -0.39 is 28.8 Å². The van der Waals surface area contributed by atoms with E-state index in [1.165, 1.54) is 20.5 Å². The Labute approximate surface area is 324 Å². The van der Waals surface area contributed by atoms with Crippen molar-refractivity contribution in [2.75, 3.05) is 6.61 Å². The van der Waals surface area contributed by atoms with Crippen molar-refractivity contribution in [1.82, 2.24) is 39.1 Å². The molecule has 2 aromatic carbocycles. The van der Waals surface area contributed by atoms with E-state index in [-0.39, 0.29) is 36.6 Å². The van der Waals surface area contributed by atoms with Crippen molar-refractivity contribution in [2.24, 2.45) is 0 Å². The van der Waals surface area contributed by atoms with Gasteiger partial charge in [-0.15, -0.1) is 32.9 Å². The Morgan fingerprint density at radius 2 is 1.18 bits per heavy atom. The number of thiophene rings is 2. The van der Waals surface area contributed by atoms with E-state index in [0.717, 1.165) is 35.6 Å². The molecule has 6 heterocycles. The first-order chi connectivity index (χ1) is 27.2. The van der Waals surface area contributed by atoms with Crippen molar-refractivity contribution >= 4 is 55.0 Å². The van der Waals surface area contributed by atoms with Gasteiger partial charge in [-0.3, -0.25) is 18.7 Å². The van der Waals surface area contributed by atoms with Crippen molar-refractivity contribution < 1.29 is 29.6 Å². The second-order valence-electron chi connectivity index (χ2n) is 12.3. The van der Waals surface area contributed by atoms with Gasteiger partial charge in [0.15, 0.2) is 5.75 Å². The Morgan fingerprint density at radius 3 is 1.66 bits per heavy atom. The molecule has 0 saturated carbocycles. The van der Waals surface area contributed by atoms with Crippen molar-refractivity contribution in [3.63, 3.8) is 0 Å². The van der Waals surface area contributed by atoms with Crippen LogP contribution in [0.15, 0.2) is 106 Å². The van der Waals surface area contributed by atoms with Crippen LogP contribution in [0.25, 0.3) is 31.8 Å². The SMILES string of the molecule is CCCCOc1c(C(=O)O)c2sccc2n(Cc2cn(-c3ccccc3)nn2)c1=O.O=C(O)c1c(O)c(=O)n(Cc2cn(-c3ccccc3)nn2)c2ccsc12. The number of aromatic carboxylic acids is 2. The molecule has 16 nitrogen and oxygen atoms in total. The minimum atomic E-state index is -1.34. The highest BCUT2D eigenvalue weighted by molar-refractivity contribution is 7.17. The molecule has 6 aromatic heterocycles. The Hall–Kier alpha value is -6.92. The van der Waals surface area contributed by atoms with Gasteiger partial charge in [-0.1, -0.05) is 60.2 Å². The molecule has 0 aliphatic heterocycles. The molecule has 18 heteroatoms. The molecule has 0 saturated heterocycles. The summed E-state index contributed by atoms with van der Waals surface area (Å²) >= 11 is 2.42. The van der Waals surface area contributed by atoms with Gasteiger partial charge >= 0.3 is 11.9 Å². The molecule has 0 spiro atoms. The molecule has 284 valence electrons. The zero-order valence-electron chi connectivity index (χ0n) is 29.6. The molecule has 3 N–H and O–H groups in total. The molecular weight excluding hydrogens is 761 g/mol. The molecule has 0 atom stereocenters. The van der Waals surface area contributed by atoms with E-state index in [0.29, 0.717) is 31.8 Å². The first-order valence-electron chi connectivity index (χ1n) is 17.2. The summed E-state index contributed by atoms with van der Waals surface area (Å²) in [6.45, 7) is 2.50. The number of carboxylic acids is 2. The summed E-state index contributed by atoms with van der Waals surface area (Å²) in [6.07, 6.45) is 5.04. The topological polar surface area (TPSA) is 209 Å². The number of unbranched alkanes of at least 4 members (excludes halogenated alkanes) is 1. The third kappa shape index (κ3) is 7.42. The van der Waals surface area contributed by atoms with E-state index in [1.54, 1.807) is 44.7 Å². The summed E-state index contributed by atoms with van der Waals surface area (Å²) in [7, 11) is 0. The normalized spacial score (nSPS) is 11.1. The molecule has 0 amide bonds. The number of carbonyl (C=O) groups is 2. The van der Waals surface area contributed by atoms with E-state index >= 15 is 0 Å². The smallest absolute Gasteiger partial charge is 0.341 e. The molecule has 56 heavy (non-hydrogen) atoms. The summed E-state index contributed by atoms with van der Waals surface area (Å²) in [5, 5.41) is 49.0. The van der Waals surface area contributed by atoms with Crippen LogP contribution in [0.1, 0.15) is 51.9 Å². The lowest BCUT2D eigenvalue weighted by atomic mass is 10.2. The fraction of sp³-hybridized carbons (Fsp3) is 0.158. The van der Waals surface area contributed by atoms with E-state index in [9.17, 15) is 34.5 Å². The number of para-hydroxylation sites is 2. The zero-order chi connectivity index (χ0) is 39.3. The van der Waals surface area contributed by atoms with Crippen molar-refractivity contribution in [3.8, 4) is 22.9 Å². The van der Waals surface area contributed by atoms with Crippen LogP contribution in [0, 0.1) is 0 Å². The van der Waals surface area contributed by atoms with Crippen molar-refractivity contribution in [1.29, 1.82) is 0 Å². The van der Waals surface area contributed by atoms with Gasteiger partial charge < -0.3 is 20.1 Å². The lowest BCUT2D eigenvalue weighted by Gasteiger charge is -2.13. The number of ether oxygens (including phenoxy) is 1. The molecule has 8 aromatic rings. The highest BCUT2D eigenvalue weighted by Crippen LogP contribution is 2.31. The minimum absolute atomic E-state index is 0.0619. The summed E-state index contributed by atoms with van der Waals surface area (Å²) < 4.78 is 12.5. The molecule has 0 unspecified atom stereocenters. The number of fused-ring (bicyclic) bond motifs is 2. The van der Waals surface area contributed by atoms with Gasteiger partial charge in [0.2, 0.25) is 5.75 Å². The second-order valence-corrected chi connectivity index (χ2v) is 14.1. The van der Waals surface area contributed by atoms with Crippen molar-refractivity contribution in [2.45, 2.75) is 32.9 Å². The Morgan fingerprint density at radius 1 is 0.696 bits per heavy atom. The number of carboxylic acid groups (broad SMARTS) is 2. The number of hydrogen-bond acceptors (Lipinski definition) is 12. The number of aromatic hydroxyl groups is 1. The average molecular weight is 793 g/mol. The van der Waals surface area contributed by atoms with Crippen molar-refractivity contribution in [3.05, 3.63) is 139 Å². The lowest BCUT2D eigenvalue weighted by molar-refractivity contribution is 0.0683. The summed E-state index contributed by atoms with van der Waals surface area (Å²) in [5.41, 5.74) is 2.03. The molecule has 0 fully saturated rings. The predicted molar refractivity (Wildman–Crippen MR) is 209 cm³/mol. The van der Waals surface area contributed by atoms with Gasteiger partial charge in [0.05, 0.1) is 63.9 Å². The maximum atomic E-state index is 13.2. The fourth-order valence-electron chi connectivity index (χ4n) is 5.94. The maximum Gasteiger partial charge on any atom is 0.341 e. The lowest BCUT2D eigenvalue weighted by Crippen LogP contribution is -2.26. The number of nitrogens with zero attached hydrogens (tertiary/aromatic N) is 8. The molecular formula is C38H32N8O8S2. The highest BCUT2D eigenvalue weighted by atomic mass is 32.1. The van der Waals surface area contributed by atoms with Crippen LogP contribution in [-0.4, -0.2) is 73.0 Å². The number of benzene rings is 2. The van der Waals surface area contributed by atoms with E-state index in [4.69, 9.17) is 4.74 Å². The van der Waals surface area contributed by atoms with Crippen LogP contribution in [0.4, 0.5) is 0 Å². The minimum Gasteiger partial charge on any atom is -0.502 e. The summed E-state index contributed by atoms with van der Waals surface area (Å²) in [5.74, 6) is -3.41. The second kappa shape index (κ2) is 16.2. The van der Waals surface area contributed by atoms with Gasteiger partial charge in [-0.05, 0) is 53.6 Å². The average Bonchev–Trinajstić information content (AvgIpc) is 4.04. The zero-order valence-corrected chi connectivity index (χ0v) is 31.2. The van der Waals surface area contributed by atoms with Crippen LogP contribution in [-0.2, 0) is 13.1 Å².